The maximum atomic E-state index is 13.7. The molecular weight excluding hydrogens is 331 g/mol. The van der Waals surface area contributed by atoms with E-state index in [2.05, 4.69) is 10.4 Å². The number of benzene rings is 2. The highest BCUT2D eigenvalue weighted by molar-refractivity contribution is 6.00. The SMILES string of the molecule is C[NH+](C)CCNC(=O)c1cnn(-c2cccc(F)c2)c1-c1ccccc1. The van der Waals surface area contributed by atoms with E-state index in [0.29, 0.717) is 23.5 Å². The van der Waals surface area contributed by atoms with E-state index in [1.165, 1.54) is 23.2 Å². The van der Waals surface area contributed by atoms with Gasteiger partial charge in [0.2, 0.25) is 0 Å². The first kappa shape index (κ1) is 17.8. The lowest BCUT2D eigenvalue weighted by Crippen LogP contribution is -3.06. The van der Waals surface area contributed by atoms with Crippen LogP contribution in [0.15, 0.2) is 60.8 Å². The third kappa shape index (κ3) is 3.97. The standard InChI is InChI=1S/C20H21FN4O/c1-24(2)12-11-22-20(26)18-14-23-25(17-10-6-9-16(21)13-17)19(18)15-7-4-3-5-8-15/h3-10,13-14H,11-12H2,1-2H3,(H,22,26)/p+1. The van der Waals surface area contributed by atoms with Crippen LogP contribution in [-0.2, 0) is 0 Å². The lowest BCUT2D eigenvalue weighted by atomic mass is 10.1. The molecule has 0 aliphatic heterocycles. The van der Waals surface area contributed by atoms with Gasteiger partial charge in [0, 0.05) is 5.56 Å². The first-order valence-electron chi connectivity index (χ1n) is 8.53. The van der Waals surface area contributed by atoms with Gasteiger partial charge in [0.05, 0.1) is 50.3 Å². The van der Waals surface area contributed by atoms with E-state index in [4.69, 9.17) is 0 Å². The second-order valence-electron chi connectivity index (χ2n) is 6.38. The van der Waals surface area contributed by atoms with Crippen molar-refractivity contribution in [3.8, 4) is 16.9 Å². The molecule has 0 spiro atoms. The Morgan fingerprint density at radius 1 is 1.15 bits per heavy atom. The molecule has 0 bridgehead atoms. The van der Waals surface area contributed by atoms with Crippen molar-refractivity contribution in [1.82, 2.24) is 15.1 Å². The third-order valence-corrected chi connectivity index (χ3v) is 4.02. The Labute approximate surface area is 152 Å². The number of hydrogen-bond acceptors (Lipinski definition) is 2. The maximum Gasteiger partial charge on any atom is 0.255 e. The molecule has 0 saturated carbocycles. The largest absolute Gasteiger partial charge is 0.346 e. The molecule has 6 heteroatoms. The zero-order chi connectivity index (χ0) is 18.5. The molecule has 3 aromatic rings. The van der Waals surface area contributed by atoms with Gasteiger partial charge >= 0.3 is 0 Å². The van der Waals surface area contributed by atoms with Gasteiger partial charge in [0.1, 0.15) is 5.82 Å². The molecule has 2 N–H and O–H groups in total. The van der Waals surface area contributed by atoms with Crippen LogP contribution in [0.5, 0.6) is 0 Å². The molecule has 0 fully saturated rings. The molecule has 1 aromatic heterocycles. The van der Waals surface area contributed by atoms with Crippen molar-refractivity contribution >= 4 is 5.91 Å². The van der Waals surface area contributed by atoms with Crippen LogP contribution in [0.25, 0.3) is 16.9 Å². The highest BCUT2D eigenvalue weighted by Gasteiger charge is 2.20. The van der Waals surface area contributed by atoms with Crippen LogP contribution in [0.4, 0.5) is 4.39 Å². The van der Waals surface area contributed by atoms with Crippen molar-refractivity contribution in [2.45, 2.75) is 0 Å². The summed E-state index contributed by atoms with van der Waals surface area (Å²) < 4.78 is 15.3. The number of hydrogen-bond donors (Lipinski definition) is 2. The smallest absolute Gasteiger partial charge is 0.255 e. The number of nitrogens with one attached hydrogen (secondary N) is 2. The molecule has 134 valence electrons. The molecule has 0 saturated heterocycles. The Hall–Kier alpha value is -2.99. The van der Waals surface area contributed by atoms with E-state index in [1.807, 2.05) is 44.4 Å². The molecule has 1 amide bonds. The van der Waals surface area contributed by atoms with E-state index in [0.717, 1.165) is 12.1 Å². The lowest BCUT2D eigenvalue weighted by Gasteiger charge is -2.11. The molecule has 5 nitrogen and oxygen atoms in total. The van der Waals surface area contributed by atoms with E-state index < -0.39 is 0 Å². The van der Waals surface area contributed by atoms with Crippen molar-refractivity contribution in [3.63, 3.8) is 0 Å². The number of rotatable bonds is 6. The fourth-order valence-electron chi connectivity index (χ4n) is 2.71. The predicted molar refractivity (Wildman–Crippen MR) is 99.0 cm³/mol. The summed E-state index contributed by atoms with van der Waals surface area (Å²) in [5, 5.41) is 7.28. The summed E-state index contributed by atoms with van der Waals surface area (Å²) in [5.41, 5.74) is 2.53. The highest BCUT2D eigenvalue weighted by atomic mass is 19.1. The number of quaternary nitrogens is 1. The topological polar surface area (TPSA) is 51.4 Å². The van der Waals surface area contributed by atoms with Gasteiger partial charge in [-0.2, -0.15) is 5.10 Å². The average molecular weight is 353 g/mol. The Balaban J connectivity index is 2.01. The van der Waals surface area contributed by atoms with Crippen molar-refractivity contribution in [2.24, 2.45) is 0 Å². The Kier molecular flexibility index (Phi) is 5.43. The number of likely N-dealkylation sites (N-methyl/N-ethyl adjacent to an activating group) is 1. The van der Waals surface area contributed by atoms with Crippen LogP contribution in [0.1, 0.15) is 10.4 Å². The Morgan fingerprint density at radius 2 is 1.92 bits per heavy atom. The summed E-state index contributed by atoms with van der Waals surface area (Å²) in [6.45, 7) is 1.39. The van der Waals surface area contributed by atoms with Gasteiger partial charge < -0.3 is 10.2 Å². The quantitative estimate of drug-likeness (QED) is 0.707. The summed E-state index contributed by atoms with van der Waals surface area (Å²) in [7, 11) is 4.06. The number of carbonyl (C=O) groups is 1. The van der Waals surface area contributed by atoms with Gasteiger partial charge in [-0.15, -0.1) is 0 Å². The van der Waals surface area contributed by atoms with Gasteiger partial charge in [-0.05, 0) is 18.2 Å². The third-order valence-electron chi connectivity index (χ3n) is 4.02. The van der Waals surface area contributed by atoms with E-state index in [-0.39, 0.29) is 11.7 Å². The van der Waals surface area contributed by atoms with Crippen LogP contribution < -0.4 is 10.2 Å². The summed E-state index contributed by atoms with van der Waals surface area (Å²) in [4.78, 5) is 13.9. The lowest BCUT2D eigenvalue weighted by molar-refractivity contribution is -0.856. The molecule has 0 unspecified atom stereocenters. The molecular formula is C20H22FN4O+. The van der Waals surface area contributed by atoms with Crippen LogP contribution in [0, 0.1) is 5.82 Å². The fraction of sp³-hybridized carbons (Fsp3) is 0.200. The number of halogens is 1. The number of carbonyl (C=O) groups excluding carboxylic acids is 1. The Morgan fingerprint density at radius 3 is 2.62 bits per heavy atom. The van der Waals surface area contributed by atoms with Crippen LogP contribution in [-0.4, -0.2) is 42.9 Å². The van der Waals surface area contributed by atoms with Crippen LogP contribution in [0.3, 0.4) is 0 Å². The molecule has 2 aromatic carbocycles. The summed E-state index contributed by atoms with van der Waals surface area (Å²) in [6.07, 6.45) is 1.53. The van der Waals surface area contributed by atoms with Gasteiger partial charge in [-0.1, -0.05) is 36.4 Å². The minimum absolute atomic E-state index is 0.187. The molecule has 26 heavy (non-hydrogen) atoms. The number of amides is 1. The van der Waals surface area contributed by atoms with Crippen molar-refractivity contribution in [1.29, 1.82) is 0 Å². The second-order valence-corrected chi connectivity index (χ2v) is 6.38. The molecule has 0 atom stereocenters. The predicted octanol–water partition coefficient (Wildman–Crippen LogP) is 1.55. The molecule has 1 heterocycles. The van der Waals surface area contributed by atoms with Gasteiger partial charge in [-0.25, -0.2) is 9.07 Å². The first-order valence-corrected chi connectivity index (χ1v) is 8.53. The zero-order valence-corrected chi connectivity index (χ0v) is 14.9. The van der Waals surface area contributed by atoms with E-state index >= 15 is 0 Å². The Bertz CT molecular complexity index is 890. The number of nitrogens with zero attached hydrogens (tertiary/aromatic N) is 2. The fourth-order valence-corrected chi connectivity index (χ4v) is 2.71. The summed E-state index contributed by atoms with van der Waals surface area (Å²) in [6, 6.07) is 15.7. The average Bonchev–Trinajstić information content (AvgIpc) is 3.07. The van der Waals surface area contributed by atoms with E-state index in [9.17, 15) is 9.18 Å². The minimum Gasteiger partial charge on any atom is -0.346 e. The monoisotopic (exact) mass is 353 g/mol. The van der Waals surface area contributed by atoms with Crippen molar-refractivity contribution < 1.29 is 14.1 Å². The highest BCUT2D eigenvalue weighted by Crippen LogP contribution is 2.26. The molecule has 0 aliphatic carbocycles. The van der Waals surface area contributed by atoms with Crippen LogP contribution >= 0.6 is 0 Å². The van der Waals surface area contributed by atoms with Gasteiger partial charge in [-0.3, -0.25) is 4.79 Å². The molecule has 3 rings (SSSR count). The summed E-state index contributed by atoms with van der Waals surface area (Å²) >= 11 is 0. The maximum absolute atomic E-state index is 13.7. The van der Waals surface area contributed by atoms with E-state index in [1.54, 1.807) is 16.8 Å². The van der Waals surface area contributed by atoms with Crippen molar-refractivity contribution in [3.05, 3.63) is 72.2 Å². The normalized spacial score (nSPS) is 10.9. The molecule has 0 radical (unpaired) electrons. The molecule has 0 aliphatic rings. The van der Waals surface area contributed by atoms with Gasteiger partial charge in [0.15, 0.2) is 0 Å². The first-order chi connectivity index (χ1) is 12.6. The van der Waals surface area contributed by atoms with Gasteiger partial charge in [0.25, 0.3) is 5.91 Å². The minimum atomic E-state index is -0.350. The van der Waals surface area contributed by atoms with Crippen LogP contribution in [0.2, 0.25) is 0 Å². The summed E-state index contributed by atoms with van der Waals surface area (Å²) in [5.74, 6) is -0.537. The number of aromatic nitrogens is 2. The zero-order valence-electron chi connectivity index (χ0n) is 14.9. The van der Waals surface area contributed by atoms with Crippen molar-refractivity contribution in [2.75, 3.05) is 27.2 Å². The second kappa shape index (κ2) is 7.93.